The third-order valence-electron chi connectivity index (χ3n) is 8.44. The van der Waals surface area contributed by atoms with Crippen molar-refractivity contribution in [1.82, 2.24) is 29.3 Å². The molecular weight excluding hydrogens is 548 g/mol. The van der Waals surface area contributed by atoms with E-state index >= 15 is 0 Å². The number of aromatic amines is 1. The van der Waals surface area contributed by atoms with Gasteiger partial charge in [-0.25, -0.2) is 9.31 Å². The van der Waals surface area contributed by atoms with Crippen LogP contribution in [0.4, 0.5) is 0 Å². The molecule has 1 saturated carbocycles. The number of fused-ring (bicyclic) bond motifs is 1. The largest absolute Gasteiger partial charge is 0.439 e. The Morgan fingerprint density at radius 1 is 1.05 bits per heavy atom. The lowest BCUT2D eigenvalue weighted by atomic mass is 9.89. The molecule has 3 aromatic heterocycles. The summed E-state index contributed by atoms with van der Waals surface area (Å²) >= 11 is 0. The Bertz CT molecular complexity index is 1830. The third-order valence-corrected chi connectivity index (χ3v) is 8.44. The highest BCUT2D eigenvalue weighted by molar-refractivity contribution is 5.80. The third kappa shape index (κ3) is 5.46. The van der Waals surface area contributed by atoms with Gasteiger partial charge in [-0.2, -0.15) is 10.1 Å². The van der Waals surface area contributed by atoms with Crippen molar-refractivity contribution < 1.29 is 14.0 Å². The first-order valence-corrected chi connectivity index (χ1v) is 14.9. The van der Waals surface area contributed by atoms with Crippen LogP contribution < -0.4 is 11.3 Å². The van der Waals surface area contributed by atoms with Gasteiger partial charge < -0.3 is 9.47 Å². The fourth-order valence-electron chi connectivity index (χ4n) is 6.34. The number of benzene rings is 2. The van der Waals surface area contributed by atoms with Gasteiger partial charge >= 0.3 is 5.76 Å². The highest BCUT2D eigenvalue weighted by atomic mass is 16.7. The number of hydrogen-bond acceptors (Lipinski definition) is 8. The molecule has 3 heterocycles. The van der Waals surface area contributed by atoms with E-state index in [2.05, 4.69) is 27.1 Å². The maximum absolute atomic E-state index is 14.3. The molecule has 224 valence electrons. The van der Waals surface area contributed by atoms with Crippen LogP contribution in [-0.2, 0) is 22.3 Å². The summed E-state index contributed by atoms with van der Waals surface area (Å²) in [5, 5.41) is 8.43. The number of nitrogens with one attached hydrogen (secondary N) is 1. The second kappa shape index (κ2) is 12.1. The number of hydrogen-bond donors (Lipinski definition) is 1. The number of H-pyrrole nitrogens is 1. The average molecular weight is 585 g/mol. The Morgan fingerprint density at radius 3 is 2.44 bits per heavy atom. The minimum absolute atomic E-state index is 0.0142. The second-order valence-electron chi connectivity index (χ2n) is 11.0. The molecule has 0 radical (unpaired) electrons. The van der Waals surface area contributed by atoms with Crippen LogP contribution >= 0.6 is 0 Å². The summed E-state index contributed by atoms with van der Waals surface area (Å²) in [7, 11) is 1.69. The molecule has 1 aliphatic rings. The number of methoxy groups -OCH3 is 1. The predicted molar refractivity (Wildman–Crippen MR) is 161 cm³/mol. The minimum atomic E-state index is -0.604. The molecule has 0 saturated heterocycles. The summed E-state index contributed by atoms with van der Waals surface area (Å²) in [4.78, 5) is 33.0. The van der Waals surface area contributed by atoms with Gasteiger partial charge in [-0.15, -0.1) is 0 Å². The van der Waals surface area contributed by atoms with E-state index < -0.39 is 11.5 Å². The van der Waals surface area contributed by atoms with Crippen molar-refractivity contribution in [2.24, 2.45) is 0 Å². The quantitative estimate of drug-likeness (QED) is 0.229. The fraction of sp³-hybridized carbons (Fsp3) is 0.406. The topological polar surface area (TPSA) is 130 Å². The predicted octanol–water partition coefficient (Wildman–Crippen LogP) is 4.94. The zero-order chi connectivity index (χ0) is 30.0. The standard InChI is InChI=1S/C32H36N6O5/c1-4-8-27-26(19-21-11-13-22(14-12-21)24-9-6-7-10-25(24)28-35-31(40)43-36-28)29(39)37(30-33-20-34-38(27)30)23-15-17-32(41-3,18-16-23)42-5-2/h6-7,9-14,20,23H,4-5,8,15-19H2,1-3H3,(H,35,36,40). The molecule has 0 spiro atoms. The van der Waals surface area contributed by atoms with Crippen LogP contribution in [-0.4, -0.2) is 48.8 Å². The summed E-state index contributed by atoms with van der Waals surface area (Å²) in [6, 6.07) is 15.8. The normalized spacial score (nSPS) is 18.8. The van der Waals surface area contributed by atoms with Crippen LogP contribution in [0, 0.1) is 0 Å². The van der Waals surface area contributed by atoms with Gasteiger partial charge in [-0.1, -0.05) is 67.0 Å². The van der Waals surface area contributed by atoms with Crippen LogP contribution in [0.5, 0.6) is 0 Å². The Labute approximate surface area is 248 Å². The van der Waals surface area contributed by atoms with Crippen molar-refractivity contribution in [2.45, 2.75) is 70.6 Å². The summed E-state index contributed by atoms with van der Waals surface area (Å²) in [5.41, 5.74) is 5.26. The Balaban J connectivity index is 1.35. The van der Waals surface area contributed by atoms with Crippen LogP contribution in [0.25, 0.3) is 28.3 Å². The number of aromatic nitrogens is 6. The second-order valence-corrected chi connectivity index (χ2v) is 11.0. The Morgan fingerprint density at radius 2 is 1.79 bits per heavy atom. The van der Waals surface area contributed by atoms with Crippen molar-refractivity contribution in [1.29, 1.82) is 0 Å². The summed E-state index contributed by atoms with van der Waals surface area (Å²) < 4.78 is 20.2. The average Bonchev–Trinajstić information content (AvgIpc) is 3.70. The lowest BCUT2D eigenvalue weighted by Crippen LogP contribution is -2.42. The smallest absolute Gasteiger partial charge is 0.353 e. The number of ether oxygens (including phenoxy) is 2. The Kier molecular flexibility index (Phi) is 8.09. The summed E-state index contributed by atoms with van der Waals surface area (Å²) in [6.07, 6.45) is 6.48. The fourth-order valence-corrected chi connectivity index (χ4v) is 6.34. The van der Waals surface area contributed by atoms with Crippen molar-refractivity contribution in [3.8, 4) is 22.5 Å². The molecule has 5 aromatic rings. The molecule has 0 aliphatic heterocycles. The van der Waals surface area contributed by atoms with Crippen molar-refractivity contribution >= 4 is 5.78 Å². The van der Waals surface area contributed by atoms with E-state index in [1.54, 1.807) is 7.11 Å². The maximum atomic E-state index is 14.3. The van der Waals surface area contributed by atoms with E-state index in [9.17, 15) is 9.59 Å². The van der Waals surface area contributed by atoms with Crippen molar-refractivity contribution in [3.05, 3.63) is 92.6 Å². The molecule has 11 heteroatoms. The first-order chi connectivity index (χ1) is 21.0. The summed E-state index contributed by atoms with van der Waals surface area (Å²) in [5.74, 6) is -0.241. The van der Waals surface area contributed by atoms with Crippen LogP contribution in [0.2, 0.25) is 0 Å². The van der Waals surface area contributed by atoms with E-state index in [0.29, 0.717) is 43.9 Å². The molecule has 0 atom stereocenters. The summed E-state index contributed by atoms with van der Waals surface area (Å²) in [6.45, 7) is 4.65. The van der Waals surface area contributed by atoms with Crippen molar-refractivity contribution in [3.63, 3.8) is 0 Å². The molecule has 43 heavy (non-hydrogen) atoms. The number of aryl methyl sites for hydroxylation is 1. The van der Waals surface area contributed by atoms with Crippen LogP contribution in [0.1, 0.15) is 68.8 Å². The molecule has 1 fully saturated rings. The zero-order valence-corrected chi connectivity index (χ0v) is 24.7. The molecule has 1 aliphatic carbocycles. The van der Waals surface area contributed by atoms with E-state index in [0.717, 1.165) is 52.8 Å². The van der Waals surface area contributed by atoms with Gasteiger partial charge in [0.15, 0.2) is 11.6 Å². The Hall–Kier alpha value is -4.35. The number of nitrogens with zero attached hydrogens (tertiary/aromatic N) is 5. The van der Waals surface area contributed by atoms with Gasteiger partial charge in [-0.3, -0.25) is 18.9 Å². The first kappa shape index (κ1) is 28.8. The maximum Gasteiger partial charge on any atom is 0.439 e. The molecule has 11 nitrogen and oxygen atoms in total. The van der Waals surface area contributed by atoms with Crippen molar-refractivity contribution in [2.75, 3.05) is 13.7 Å². The molecule has 0 unspecified atom stereocenters. The van der Waals surface area contributed by atoms with Gasteiger partial charge in [0.1, 0.15) is 6.33 Å². The van der Waals surface area contributed by atoms with Crippen LogP contribution in [0.3, 0.4) is 0 Å². The van der Waals surface area contributed by atoms with Gasteiger partial charge in [0.05, 0.1) is 5.69 Å². The molecule has 6 rings (SSSR count). The van der Waals surface area contributed by atoms with Crippen LogP contribution in [0.15, 0.2) is 69.0 Å². The first-order valence-electron chi connectivity index (χ1n) is 14.9. The van der Waals surface area contributed by atoms with E-state index in [4.69, 9.17) is 14.0 Å². The minimum Gasteiger partial charge on any atom is -0.353 e. The highest BCUT2D eigenvalue weighted by Crippen LogP contribution is 2.38. The lowest BCUT2D eigenvalue weighted by molar-refractivity contribution is -0.239. The molecule has 0 amide bonds. The zero-order valence-electron chi connectivity index (χ0n) is 24.7. The van der Waals surface area contributed by atoms with Gasteiger partial charge in [0.25, 0.3) is 5.56 Å². The SMILES string of the molecule is CCCc1c(Cc2ccc(-c3ccccc3-c3noc(=O)[nH]3)cc2)c(=O)n(C2CCC(OC)(OCC)CC2)c2ncnn12. The molecule has 2 aromatic carbocycles. The molecule has 0 bridgehead atoms. The molecule has 1 N–H and O–H groups in total. The van der Waals surface area contributed by atoms with Gasteiger partial charge in [0.2, 0.25) is 5.78 Å². The number of rotatable bonds is 10. The highest BCUT2D eigenvalue weighted by Gasteiger charge is 2.38. The van der Waals surface area contributed by atoms with E-state index in [1.807, 2.05) is 64.5 Å². The van der Waals surface area contributed by atoms with E-state index in [-0.39, 0.29) is 11.6 Å². The monoisotopic (exact) mass is 584 g/mol. The molecular formula is C32H36N6O5. The van der Waals surface area contributed by atoms with E-state index in [1.165, 1.54) is 6.33 Å². The van der Waals surface area contributed by atoms with Gasteiger partial charge in [0, 0.05) is 50.1 Å². The lowest BCUT2D eigenvalue weighted by Gasteiger charge is -2.39. The van der Waals surface area contributed by atoms with Gasteiger partial charge in [-0.05, 0) is 42.9 Å².